The zero-order valence-corrected chi connectivity index (χ0v) is 11.7. The van der Waals surface area contributed by atoms with Crippen LogP contribution in [0, 0.1) is 20.8 Å². The van der Waals surface area contributed by atoms with Gasteiger partial charge in [-0.3, -0.25) is 0 Å². The lowest BCUT2D eigenvalue weighted by Gasteiger charge is -2.16. The van der Waals surface area contributed by atoms with Gasteiger partial charge in [0, 0.05) is 18.9 Å². The van der Waals surface area contributed by atoms with E-state index in [-0.39, 0.29) is 6.04 Å². The zero-order chi connectivity index (χ0) is 13.8. The zero-order valence-electron chi connectivity index (χ0n) is 11.7. The van der Waals surface area contributed by atoms with Crippen LogP contribution in [-0.2, 0) is 4.74 Å². The molecular weight excluding hydrogens is 242 g/mol. The van der Waals surface area contributed by atoms with E-state index in [1.807, 2.05) is 39.0 Å². The van der Waals surface area contributed by atoms with Crippen molar-refractivity contribution < 1.29 is 9.15 Å². The Morgan fingerprint density at radius 1 is 1.26 bits per heavy atom. The highest BCUT2D eigenvalue weighted by molar-refractivity contribution is 5.38. The Balaban J connectivity index is 2.20. The van der Waals surface area contributed by atoms with Crippen molar-refractivity contribution in [2.75, 3.05) is 19.0 Å². The van der Waals surface area contributed by atoms with Crippen LogP contribution in [0.3, 0.4) is 0 Å². The van der Waals surface area contributed by atoms with E-state index < -0.39 is 0 Å². The number of methoxy groups -OCH3 is 1. The number of furan rings is 1. The van der Waals surface area contributed by atoms with Crippen LogP contribution < -0.4 is 5.32 Å². The van der Waals surface area contributed by atoms with Crippen LogP contribution in [0.15, 0.2) is 22.6 Å². The molecule has 0 radical (unpaired) electrons. The van der Waals surface area contributed by atoms with Gasteiger partial charge < -0.3 is 14.5 Å². The molecule has 0 aliphatic heterocycles. The van der Waals surface area contributed by atoms with E-state index in [4.69, 9.17) is 9.15 Å². The molecule has 0 fully saturated rings. The Hall–Kier alpha value is -1.88. The average molecular weight is 261 g/mol. The van der Waals surface area contributed by atoms with Crippen molar-refractivity contribution in [3.05, 3.63) is 41.2 Å². The summed E-state index contributed by atoms with van der Waals surface area (Å²) in [5.41, 5.74) is 0.932. The summed E-state index contributed by atoms with van der Waals surface area (Å²) in [5, 5.41) is 3.32. The lowest BCUT2D eigenvalue weighted by Crippen LogP contribution is -2.17. The summed E-state index contributed by atoms with van der Waals surface area (Å²) >= 11 is 0. The summed E-state index contributed by atoms with van der Waals surface area (Å²) in [4.78, 5) is 8.63. The number of nitrogens with zero attached hydrogens (tertiary/aromatic N) is 2. The summed E-state index contributed by atoms with van der Waals surface area (Å²) in [6.45, 7) is 6.25. The molecule has 5 nitrogen and oxygen atoms in total. The van der Waals surface area contributed by atoms with Crippen molar-refractivity contribution in [3.8, 4) is 0 Å². The molecule has 0 saturated carbocycles. The number of aryl methyl sites for hydroxylation is 3. The maximum atomic E-state index is 5.64. The van der Waals surface area contributed by atoms with E-state index in [2.05, 4.69) is 15.3 Å². The van der Waals surface area contributed by atoms with Gasteiger partial charge in [0.05, 0.1) is 6.61 Å². The summed E-state index contributed by atoms with van der Waals surface area (Å²) in [5.74, 6) is 3.25. The fourth-order valence-corrected chi connectivity index (χ4v) is 1.97. The first-order chi connectivity index (χ1) is 9.08. The molecule has 5 heteroatoms. The van der Waals surface area contributed by atoms with Crippen molar-refractivity contribution in [2.45, 2.75) is 26.8 Å². The summed E-state index contributed by atoms with van der Waals surface area (Å²) < 4.78 is 10.9. The third-order valence-electron chi connectivity index (χ3n) is 2.73. The van der Waals surface area contributed by atoms with Gasteiger partial charge in [-0.25, -0.2) is 9.97 Å². The Kier molecular flexibility index (Phi) is 4.16. The number of aromatic nitrogens is 2. The molecule has 19 heavy (non-hydrogen) atoms. The molecule has 0 amide bonds. The fourth-order valence-electron chi connectivity index (χ4n) is 1.97. The summed E-state index contributed by atoms with van der Waals surface area (Å²) in [6.07, 6.45) is 0. The molecule has 0 bridgehead atoms. The molecule has 0 aliphatic rings. The maximum Gasteiger partial charge on any atom is 0.130 e. The number of ether oxygens (including phenoxy) is 1. The molecule has 2 aromatic heterocycles. The predicted molar refractivity (Wildman–Crippen MR) is 73.2 cm³/mol. The number of anilines is 1. The second-order valence-corrected chi connectivity index (χ2v) is 4.54. The largest absolute Gasteiger partial charge is 0.464 e. The van der Waals surface area contributed by atoms with Crippen molar-refractivity contribution in [2.24, 2.45) is 0 Å². The first-order valence-electron chi connectivity index (χ1n) is 6.22. The molecule has 2 heterocycles. The highest BCUT2D eigenvalue weighted by Crippen LogP contribution is 2.21. The second kappa shape index (κ2) is 5.84. The molecule has 2 aromatic rings. The molecule has 1 unspecified atom stereocenters. The first-order valence-corrected chi connectivity index (χ1v) is 6.22. The minimum atomic E-state index is -0.0626. The van der Waals surface area contributed by atoms with Crippen molar-refractivity contribution in [1.82, 2.24) is 9.97 Å². The van der Waals surface area contributed by atoms with Crippen molar-refractivity contribution >= 4 is 5.82 Å². The lowest BCUT2D eigenvalue weighted by molar-refractivity contribution is 0.178. The molecule has 0 spiro atoms. The Morgan fingerprint density at radius 3 is 2.63 bits per heavy atom. The molecule has 102 valence electrons. The van der Waals surface area contributed by atoms with Gasteiger partial charge in [-0.2, -0.15) is 0 Å². The molecule has 0 saturated heterocycles. The third-order valence-corrected chi connectivity index (χ3v) is 2.73. The van der Waals surface area contributed by atoms with Crippen LogP contribution in [-0.4, -0.2) is 23.7 Å². The van der Waals surface area contributed by atoms with Crippen LogP contribution in [0.25, 0.3) is 0 Å². The maximum absolute atomic E-state index is 5.64. The molecule has 0 aromatic carbocycles. The number of hydrogen-bond acceptors (Lipinski definition) is 5. The molecule has 2 rings (SSSR count). The van der Waals surface area contributed by atoms with Crippen LogP contribution in [0.4, 0.5) is 5.82 Å². The highest BCUT2D eigenvalue weighted by atomic mass is 16.5. The van der Waals surface area contributed by atoms with Gasteiger partial charge in [-0.1, -0.05) is 0 Å². The van der Waals surface area contributed by atoms with Crippen LogP contribution in [0.2, 0.25) is 0 Å². The van der Waals surface area contributed by atoms with E-state index in [0.717, 1.165) is 28.9 Å². The van der Waals surface area contributed by atoms with Crippen LogP contribution in [0.5, 0.6) is 0 Å². The fraction of sp³-hybridized carbons (Fsp3) is 0.429. The number of nitrogens with one attached hydrogen (secondary N) is 1. The van der Waals surface area contributed by atoms with Gasteiger partial charge in [0.1, 0.15) is 29.2 Å². The van der Waals surface area contributed by atoms with Crippen molar-refractivity contribution in [1.29, 1.82) is 0 Å². The first kappa shape index (κ1) is 13.5. The standard InChI is InChI=1S/C14H19N3O2/c1-9-7-14(16-11(3)15-9)17-12(8-18-4)13-6-5-10(2)19-13/h5-7,12H,8H2,1-4H3,(H,15,16,17). The van der Waals surface area contributed by atoms with E-state index in [1.54, 1.807) is 7.11 Å². The highest BCUT2D eigenvalue weighted by Gasteiger charge is 2.16. The normalized spacial score (nSPS) is 12.4. The van der Waals surface area contributed by atoms with Gasteiger partial charge in [0.25, 0.3) is 0 Å². The smallest absolute Gasteiger partial charge is 0.130 e. The minimum Gasteiger partial charge on any atom is -0.464 e. The van der Waals surface area contributed by atoms with Gasteiger partial charge in [0.15, 0.2) is 0 Å². The number of rotatable bonds is 5. The topological polar surface area (TPSA) is 60.2 Å². The summed E-state index contributed by atoms with van der Waals surface area (Å²) in [6, 6.07) is 5.74. The van der Waals surface area contributed by atoms with Gasteiger partial charge >= 0.3 is 0 Å². The Labute approximate surface area is 113 Å². The van der Waals surface area contributed by atoms with Crippen LogP contribution in [0.1, 0.15) is 29.1 Å². The van der Waals surface area contributed by atoms with Gasteiger partial charge in [-0.05, 0) is 32.9 Å². The Morgan fingerprint density at radius 2 is 2.05 bits per heavy atom. The second-order valence-electron chi connectivity index (χ2n) is 4.54. The monoisotopic (exact) mass is 261 g/mol. The van der Waals surface area contributed by atoms with Crippen LogP contribution >= 0.6 is 0 Å². The SMILES string of the molecule is COCC(Nc1cc(C)nc(C)n1)c1ccc(C)o1. The quantitative estimate of drug-likeness (QED) is 0.896. The van der Waals surface area contributed by atoms with E-state index in [9.17, 15) is 0 Å². The van der Waals surface area contributed by atoms with E-state index >= 15 is 0 Å². The van der Waals surface area contributed by atoms with Crippen molar-refractivity contribution in [3.63, 3.8) is 0 Å². The lowest BCUT2D eigenvalue weighted by atomic mass is 10.2. The number of hydrogen-bond donors (Lipinski definition) is 1. The third kappa shape index (κ3) is 3.54. The van der Waals surface area contributed by atoms with E-state index in [0.29, 0.717) is 6.61 Å². The summed E-state index contributed by atoms with van der Waals surface area (Å²) in [7, 11) is 1.67. The molecule has 1 atom stereocenters. The van der Waals surface area contributed by atoms with Gasteiger partial charge in [0.2, 0.25) is 0 Å². The van der Waals surface area contributed by atoms with E-state index in [1.165, 1.54) is 0 Å². The Bertz CT molecular complexity index is 531. The average Bonchev–Trinajstić information content (AvgIpc) is 2.74. The predicted octanol–water partition coefficient (Wildman–Crippen LogP) is 2.79. The molecule has 1 N–H and O–H groups in total. The molecular formula is C14H19N3O2. The minimum absolute atomic E-state index is 0.0626. The molecule has 0 aliphatic carbocycles. The van der Waals surface area contributed by atoms with Gasteiger partial charge in [-0.15, -0.1) is 0 Å².